The Hall–Kier alpha value is -3.98. The number of amides is 1. The van der Waals surface area contributed by atoms with Crippen LogP contribution in [-0.2, 0) is 17.0 Å². The molecule has 5 heterocycles. The molecular weight excluding hydrogens is 579 g/mol. The Morgan fingerprint density at radius 3 is 2.76 bits per heavy atom. The number of ether oxygens (including phenoxy) is 1. The van der Waals surface area contributed by atoms with Crippen LogP contribution in [0.25, 0.3) is 16.7 Å². The topological polar surface area (TPSA) is 130 Å². The number of pyridine rings is 2. The van der Waals surface area contributed by atoms with E-state index in [4.69, 9.17) is 15.1 Å². The maximum Gasteiger partial charge on any atom is 0.267 e. The Labute approximate surface area is 247 Å². The minimum atomic E-state index is -0.586. The lowest BCUT2D eigenvalue weighted by Gasteiger charge is -2.27. The van der Waals surface area contributed by atoms with E-state index >= 15 is 0 Å². The van der Waals surface area contributed by atoms with E-state index in [1.54, 1.807) is 35.0 Å². The zero-order valence-electron chi connectivity index (χ0n) is 22.7. The van der Waals surface area contributed by atoms with Crippen molar-refractivity contribution in [2.24, 2.45) is 0 Å². The third kappa shape index (κ3) is 5.70. The lowest BCUT2D eigenvalue weighted by atomic mass is 10.2. The maximum absolute atomic E-state index is 14.0. The first-order chi connectivity index (χ1) is 20.4. The fraction of sp³-hybridized carbons (Fsp3) is 0.286. The predicted octanol–water partition coefficient (Wildman–Crippen LogP) is 3.30. The first kappa shape index (κ1) is 28.2. The van der Waals surface area contributed by atoms with Crippen molar-refractivity contribution < 1.29 is 13.9 Å². The number of fused-ring (bicyclic) bond motifs is 2. The number of nitrogens with one attached hydrogen (secondary N) is 2. The molecule has 1 aromatic carbocycles. The van der Waals surface area contributed by atoms with Gasteiger partial charge in [-0.1, -0.05) is 47.4 Å². The summed E-state index contributed by atoms with van der Waals surface area (Å²) in [6, 6.07) is 11.6. The number of morpholine rings is 1. The van der Waals surface area contributed by atoms with Gasteiger partial charge in [-0.15, -0.1) is 10.2 Å². The summed E-state index contributed by atoms with van der Waals surface area (Å²) in [5, 5.41) is 20.3. The van der Waals surface area contributed by atoms with E-state index in [-0.39, 0.29) is 32.9 Å². The Bertz CT molecular complexity index is 1920. The van der Waals surface area contributed by atoms with Crippen molar-refractivity contribution in [1.29, 1.82) is 5.41 Å². The number of nitrogens with zero attached hydrogens (tertiary/aromatic N) is 6. The van der Waals surface area contributed by atoms with Gasteiger partial charge in [0.25, 0.3) is 11.5 Å². The van der Waals surface area contributed by atoms with Crippen molar-refractivity contribution in [3.05, 3.63) is 87.0 Å². The van der Waals surface area contributed by atoms with Crippen LogP contribution in [0.4, 0.5) is 9.52 Å². The van der Waals surface area contributed by atoms with Crippen molar-refractivity contribution in [3.8, 4) is 0 Å². The van der Waals surface area contributed by atoms with Crippen molar-refractivity contribution >= 4 is 50.8 Å². The van der Waals surface area contributed by atoms with Gasteiger partial charge in [0.15, 0.2) is 4.34 Å². The molecule has 11 nitrogen and oxygen atoms in total. The number of thioether (sulfide) groups is 1. The molecule has 2 N–H and O–H groups in total. The largest absolute Gasteiger partial charge is 0.379 e. The van der Waals surface area contributed by atoms with Gasteiger partial charge in [-0.05, 0) is 36.2 Å². The van der Waals surface area contributed by atoms with Crippen LogP contribution < -0.4 is 16.4 Å². The quantitative estimate of drug-likeness (QED) is 0.156. The molecule has 0 saturated carbocycles. The third-order valence-electron chi connectivity index (χ3n) is 7.06. The molecule has 216 valence electrons. The van der Waals surface area contributed by atoms with Crippen LogP contribution in [0.1, 0.15) is 21.5 Å². The predicted molar refractivity (Wildman–Crippen MR) is 159 cm³/mol. The number of rotatable bonds is 8. The number of anilines is 1. The molecule has 1 aliphatic rings. The second-order valence-corrected chi connectivity index (χ2v) is 12.0. The molecule has 0 aliphatic carbocycles. The lowest BCUT2D eigenvalue weighted by Crippen LogP contribution is -2.40. The minimum Gasteiger partial charge on any atom is -0.379 e. The number of hydrogen-bond acceptors (Lipinski definition) is 10. The maximum atomic E-state index is 14.0. The summed E-state index contributed by atoms with van der Waals surface area (Å²) in [7, 11) is 0. The van der Waals surface area contributed by atoms with Crippen molar-refractivity contribution in [1.82, 2.24) is 29.0 Å². The second-order valence-electron chi connectivity index (χ2n) is 9.76. The average Bonchev–Trinajstić information content (AvgIpc) is 3.44. The third-order valence-corrected chi connectivity index (χ3v) is 9.08. The van der Waals surface area contributed by atoms with E-state index < -0.39 is 5.91 Å². The van der Waals surface area contributed by atoms with E-state index in [9.17, 15) is 14.0 Å². The zero-order chi connectivity index (χ0) is 29.2. The van der Waals surface area contributed by atoms with Crippen molar-refractivity contribution in [3.63, 3.8) is 0 Å². The number of aryl methyl sites for hydroxylation is 1. The summed E-state index contributed by atoms with van der Waals surface area (Å²) in [6.07, 6.45) is 1.64. The average molecular weight is 607 g/mol. The van der Waals surface area contributed by atoms with E-state index in [2.05, 4.69) is 20.4 Å². The molecule has 1 amide bonds. The summed E-state index contributed by atoms with van der Waals surface area (Å²) in [4.78, 5) is 34.1. The molecule has 0 bridgehead atoms. The summed E-state index contributed by atoms with van der Waals surface area (Å²) in [5.74, 6) is -0.514. The van der Waals surface area contributed by atoms with Gasteiger partial charge < -0.3 is 9.30 Å². The van der Waals surface area contributed by atoms with E-state index in [0.717, 1.165) is 30.0 Å². The minimum absolute atomic E-state index is 0.0201. The Balaban J connectivity index is 1.32. The number of aromatic nitrogens is 5. The standard InChI is InChI=1S/C28H27FN8O3S2/c1-17-5-4-8-37-23(17)31-24-20(26(37)39)15-19(22(30)36(24)10-9-35-11-13-40-14-12-35)25(38)32-27-33-34-28(42-27)41-16-18-6-2-3-7-21(18)29/h2-8,15,30H,9-14,16H2,1H3,(H,32,33,38). The van der Waals surface area contributed by atoms with Crippen molar-refractivity contribution in [2.75, 3.05) is 38.2 Å². The van der Waals surface area contributed by atoms with Gasteiger partial charge in [0.05, 0.1) is 24.2 Å². The second kappa shape index (κ2) is 12.1. The molecule has 0 unspecified atom stereocenters. The first-order valence-corrected chi connectivity index (χ1v) is 15.1. The lowest BCUT2D eigenvalue weighted by molar-refractivity contribution is 0.0363. The van der Waals surface area contributed by atoms with Crippen LogP contribution in [0.15, 0.2) is 57.8 Å². The smallest absolute Gasteiger partial charge is 0.267 e. The van der Waals surface area contributed by atoms with Crippen LogP contribution in [0.5, 0.6) is 0 Å². The zero-order valence-corrected chi connectivity index (χ0v) is 24.3. The van der Waals surface area contributed by atoms with Gasteiger partial charge >= 0.3 is 0 Å². The molecule has 6 rings (SSSR count). The van der Waals surface area contributed by atoms with Gasteiger partial charge in [0, 0.05) is 38.1 Å². The summed E-state index contributed by atoms with van der Waals surface area (Å²) in [5.41, 5.74) is 1.86. The van der Waals surface area contributed by atoms with E-state index in [1.807, 2.05) is 13.0 Å². The molecule has 1 fully saturated rings. The van der Waals surface area contributed by atoms with E-state index in [0.29, 0.717) is 53.3 Å². The number of benzene rings is 1. The molecule has 0 radical (unpaired) electrons. The molecule has 4 aromatic heterocycles. The van der Waals surface area contributed by atoms with Gasteiger partial charge in [0.1, 0.15) is 22.6 Å². The number of carbonyl (C=O) groups is 1. The van der Waals surface area contributed by atoms with Gasteiger partial charge in [-0.2, -0.15) is 0 Å². The van der Waals surface area contributed by atoms with Crippen LogP contribution in [0, 0.1) is 18.2 Å². The number of hydrogen-bond donors (Lipinski definition) is 2. The summed E-state index contributed by atoms with van der Waals surface area (Å²) in [6.45, 7) is 5.63. The highest BCUT2D eigenvalue weighted by Gasteiger charge is 2.20. The summed E-state index contributed by atoms with van der Waals surface area (Å²) >= 11 is 2.46. The monoisotopic (exact) mass is 606 g/mol. The number of carbonyl (C=O) groups excluding carboxylic acids is 1. The van der Waals surface area contributed by atoms with E-state index in [1.165, 1.54) is 28.3 Å². The van der Waals surface area contributed by atoms with Gasteiger partial charge in [0.2, 0.25) is 5.13 Å². The molecule has 0 atom stereocenters. The fourth-order valence-corrected chi connectivity index (χ4v) is 6.52. The Morgan fingerprint density at radius 1 is 1.14 bits per heavy atom. The molecular formula is C28H27FN8O3S2. The highest BCUT2D eigenvalue weighted by atomic mass is 32.2. The highest BCUT2D eigenvalue weighted by Crippen LogP contribution is 2.29. The molecule has 42 heavy (non-hydrogen) atoms. The Kier molecular flexibility index (Phi) is 8.11. The van der Waals surface area contributed by atoms with Crippen LogP contribution in [-0.4, -0.2) is 67.8 Å². The first-order valence-electron chi connectivity index (χ1n) is 13.3. The number of halogens is 1. The van der Waals surface area contributed by atoms with Crippen LogP contribution in [0.2, 0.25) is 0 Å². The molecule has 14 heteroatoms. The highest BCUT2D eigenvalue weighted by molar-refractivity contribution is 8.00. The SMILES string of the molecule is Cc1cccn2c(=O)c3cc(C(=O)Nc4nnc(SCc5ccccc5F)s4)c(=N)n(CCN4CCOCC4)c3nc12. The fourth-order valence-electron chi connectivity index (χ4n) is 4.79. The molecule has 0 spiro atoms. The van der Waals surface area contributed by atoms with Crippen molar-refractivity contribution in [2.45, 2.75) is 23.6 Å². The van der Waals surface area contributed by atoms with Gasteiger partial charge in [-0.3, -0.25) is 29.6 Å². The molecule has 1 saturated heterocycles. The molecule has 5 aromatic rings. The van der Waals surface area contributed by atoms with Crippen LogP contribution >= 0.6 is 23.1 Å². The summed E-state index contributed by atoms with van der Waals surface area (Å²) < 4.78 is 23.1. The Morgan fingerprint density at radius 2 is 1.95 bits per heavy atom. The molecule has 1 aliphatic heterocycles. The van der Waals surface area contributed by atoms with Gasteiger partial charge in [-0.25, -0.2) is 9.37 Å². The van der Waals surface area contributed by atoms with Crippen LogP contribution in [0.3, 0.4) is 0 Å². The normalized spacial score (nSPS) is 14.0.